The molecule has 1 aliphatic rings. The zero-order chi connectivity index (χ0) is 13.2. The first-order valence-electron chi connectivity index (χ1n) is 6.97. The number of aromatic nitrogens is 3. The summed E-state index contributed by atoms with van der Waals surface area (Å²) in [7, 11) is 0. The molecule has 102 valence electrons. The van der Waals surface area contributed by atoms with E-state index in [2.05, 4.69) is 28.7 Å². The molecule has 0 aliphatic carbocycles. The second-order valence-electron chi connectivity index (χ2n) is 4.87. The lowest BCUT2D eigenvalue weighted by atomic mass is 10.0. The van der Waals surface area contributed by atoms with Gasteiger partial charge in [0.15, 0.2) is 5.65 Å². The molecular weight excluding hydrogens is 240 g/mol. The molecule has 1 aliphatic heterocycles. The van der Waals surface area contributed by atoms with Crippen molar-refractivity contribution in [1.29, 1.82) is 0 Å². The molecule has 0 saturated carbocycles. The molecule has 2 unspecified atom stereocenters. The molecule has 0 bridgehead atoms. The Morgan fingerprint density at radius 3 is 3.11 bits per heavy atom. The number of nitrogens with one attached hydrogen (secondary N) is 1. The Morgan fingerprint density at radius 1 is 1.42 bits per heavy atom. The van der Waals surface area contributed by atoms with Crippen LogP contribution >= 0.6 is 0 Å². The summed E-state index contributed by atoms with van der Waals surface area (Å²) in [5.74, 6) is 1.41. The van der Waals surface area contributed by atoms with Crippen molar-refractivity contribution >= 4 is 11.2 Å². The van der Waals surface area contributed by atoms with Crippen LogP contribution < -0.4 is 5.32 Å². The van der Waals surface area contributed by atoms with Gasteiger partial charge in [0.2, 0.25) is 0 Å². The molecule has 3 heterocycles. The first-order valence-corrected chi connectivity index (χ1v) is 6.97. The Kier molecular flexibility index (Phi) is 3.48. The van der Waals surface area contributed by atoms with Crippen LogP contribution in [0.4, 0.5) is 0 Å². The number of hydrogen-bond donors (Lipinski definition) is 1. The van der Waals surface area contributed by atoms with Crippen LogP contribution in [0.5, 0.6) is 0 Å². The van der Waals surface area contributed by atoms with E-state index < -0.39 is 0 Å². The van der Waals surface area contributed by atoms with Gasteiger partial charge in [-0.05, 0) is 25.6 Å². The van der Waals surface area contributed by atoms with Crippen molar-refractivity contribution in [3.05, 3.63) is 24.2 Å². The maximum absolute atomic E-state index is 5.64. The van der Waals surface area contributed by atoms with Crippen molar-refractivity contribution in [2.45, 2.75) is 32.4 Å². The van der Waals surface area contributed by atoms with Crippen LogP contribution in [0.2, 0.25) is 0 Å². The number of likely N-dealkylation sites (N-methyl/N-ethyl adjacent to an activating group) is 1. The minimum absolute atomic E-state index is 0.314. The largest absolute Gasteiger partial charge is 0.379 e. The minimum atomic E-state index is 0.314. The topological polar surface area (TPSA) is 52.0 Å². The lowest BCUT2D eigenvalue weighted by Gasteiger charge is -2.18. The Balaban J connectivity index is 2.04. The molecule has 0 aromatic carbocycles. The Morgan fingerprint density at radius 2 is 2.32 bits per heavy atom. The zero-order valence-corrected chi connectivity index (χ0v) is 11.5. The van der Waals surface area contributed by atoms with Gasteiger partial charge in [-0.25, -0.2) is 9.97 Å². The van der Waals surface area contributed by atoms with Crippen LogP contribution in [0.3, 0.4) is 0 Å². The summed E-state index contributed by atoms with van der Waals surface area (Å²) in [6.45, 7) is 7.60. The Labute approximate surface area is 113 Å². The molecular formula is C14H20N4O. The van der Waals surface area contributed by atoms with Gasteiger partial charge in [-0.1, -0.05) is 6.92 Å². The summed E-state index contributed by atoms with van der Waals surface area (Å²) in [5.41, 5.74) is 1.95. The maximum atomic E-state index is 5.64. The van der Waals surface area contributed by atoms with E-state index in [-0.39, 0.29) is 0 Å². The van der Waals surface area contributed by atoms with Crippen molar-refractivity contribution in [3.63, 3.8) is 0 Å². The first kappa shape index (κ1) is 12.6. The van der Waals surface area contributed by atoms with Crippen molar-refractivity contribution < 1.29 is 4.74 Å². The lowest BCUT2D eigenvalue weighted by molar-refractivity contribution is 0.187. The molecule has 0 spiro atoms. The van der Waals surface area contributed by atoms with Crippen molar-refractivity contribution in [1.82, 2.24) is 19.9 Å². The molecule has 3 rings (SSSR count). The van der Waals surface area contributed by atoms with E-state index in [1.54, 1.807) is 0 Å². The van der Waals surface area contributed by atoms with E-state index in [0.717, 1.165) is 43.3 Å². The SMILES string of the molecule is CCNC1COCC1c1nc2cccnc2n1CC. The van der Waals surface area contributed by atoms with Gasteiger partial charge in [-0.3, -0.25) is 0 Å². The number of aryl methyl sites for hydroxylation is 1. The second-order valence-corrected chi connectivity index (χ2v) is 4.87. The summed E-state index contributed by atoms with van der Waals surface area (Å²) < 4.78 is 7.84. The summed E-state index contributed by atoms with van der Waals surface area (Å²) in [4.78, 5) is 9.23. The van der Waals surface area contributed by atoms with E-state index >= 15 is 0 Å². The Bertz CT molecular complexity index is 566. The lowest BCUT2D eigenvalue weighted by Crippen LogP contribution is -2.35. The molecule has 1 saturated heterocycles. The third-order valence-corrected chi connectivity index (χ3v) is 3.73. The van der Waals surface area contributed by atoms with E-state index in [9.17, 15) is 0 Å². The quantitative estimate of drug-likeness (QED) is 0.906. The van der Waals surface area contributed by atoms with Gasteiger partial charge in [0.25, 0.3) is 0 Å². The van der Waals surface area contributed by atoms with E-state index in [0.29, 0.717) is 12.0 Å². The van der Waals surface area contributed by atoms with Crippen molar-refractivity contribution in [2.75, 3.05) is 19.8 Å². The summed E-state index contributed by atoms with van der Waals surface area (Å²) in [6, 6.07) is 4.31. The molecule has 2 aromatic rings. The summed E-state index contributed by atoms with van der Waals surface area (Å²) in [6.07, 6.45) is 1.83. The smallest absolute Gasteiger partial charge is 0.159 e. The van der Waals surface area contributed by atoms with Gasteiger partial charge in [0, 0.05) is 18.8 Å². The van der Waals surface area contributed by atoms with Gasteiger partial charge in [0.1, 0.15) is 11.3 Å². The van der Waals surface area contributed by atoms with Gasteiger partial charge >= 0.3 is 0 Å². The minimum Gasteiger partial charge on any atom is -0.379 e. The highest BCUT2D eigenvalue weighted by molar-refractivity contribution is 5.71. The predicted molar refractivity (Wildman–Crippen MR) is 74.2 cm³/mol. The highest BCUT2D eigenvalue weighted by atomic mass is 16.5. The van der Waals surface area contributed by atoms with Gasteiger partial charge in [0.05, 0.1) is 19.1 Å². The highest BCUT2D eigenvalue weighted by Crippen LogP contribution is 2.27. The second kappa shape index (κ2) is 5.27. The number of rotatable bonds is 4. The van der Waals surface area contributed by atoms with Gasteiger partial charge < -0.3 is 14.6 Å². The molecule has 0 radical (unpaired) electrons. The molecule has 19 heavy (non-hydrogen) atoms. The zero-order valence-electron chi connectivity index (χ0n) is 11.5. The third kappa shape index (κ3) is 2.13. The highest BCUT2D eigenvalue weighted by Gasteiger charge is 2.32. The number of imidazole rings is 1. The number of hydrogen-bond acceptors (Lipinski definition) is 4. The van der Waals surface area contributed by atoms with Crippen LogP contribution in [0.15, 0.2) is 18.3 Å². The summed E-state index contributed by atoms with van der Waals surface area (Å²) >= 11 is 0. The molecule has 0 amide bonds. The fourth-order valence-corrected chi connectivity index (χ4v) is 2.84. The average Bonchev–Trinajstić information content (AvgIpc) is 3.02. The van der Waals surface area contributed by atoms with Crippen LogP contribution in [-0.4, -0.2) is 40.3 Å². The molecule has 5 nitrogen and oxygen atoms in total. The summed E-state index contributed by atoms with van der Waals surface area (Å²) in [5, 5.41) is 3.49. The molecule has 1 N–H and O–H groups in total. The van der Waals surface area contributed by atoms with Gasteiger partial charge in [-0.2, -0.15) is 0 Å². The fourth-order valence-electron chi connectivity index (χ4n) is 2.84. The fraction of sp³-hybridized carbons (Fsp3) is 0.571. The Hall–Kier alpha value is -1.46. The monoisotopic (exact) mass is 260 g/mol. The number of ether oxygens (including phenoxy) is 1. The van der Waals surface area contributed by atoms with Gasteiger partial charge in [-0.15, -0.1) is 0 Å². The third-order valence-electron chi connectivity index (χ3n) is 3.73. The number of fused-ring (bicyclic) bond motifs is 1. The van der Waals surface area contributed by atoms with Crippen LogP contribution in [0, 0.1) is 0 Å². The number of nitrogens with zero attached hydrogens (tertiary/aromatic N) is 3. The van der Waals surface area contributed by atoms with Crippen molar-refractivity contribution in [2.24, 2.45) is 0 Å². The predicted octanol–water partition coefficient (Wildman–Crippen LogP) is 1.54. The van der Waals surface area contributed by atoms with Crippen LogP contribution in [0.1, 0.15) is 25.6 Å². The van der Waals surface area contributed by atoms with E-state index in [1.807, 2.05) is 18.3 Å². The van der Waals surface area contributed by atoms with E-state index in [4.69, 9.17) is 9.72 Å². The average molecular weight is 260 g/mol. The molecule has 2 aromatic heterocycles. The molecule has 1 fully saturated rings. The normalized spacial score (nSPS) is 23.3. The standard InChI is InChI=1S/C14H20N4O/c1-3-15-12-9-19-8-10(12)13-17-11-6-5-7-16-14(11)18(13)4-2/h5-7,10,12,15H,3-4,8-9H2,1-2H3. The van der Waals surface area contributed by atoms with Crippen LogP contribution in [-0.2, 0) is 11.3 Å². The van der Waals surface area contributed by atoms with Crippen molar-refractivity contribution in [3.8, 4) is 0 Å². The first-order chi connectivity index (χ1) is 9.35. The van der Waals surface area contributed by atoms with Crippen LogP contribution in [0.25, 0.3) is 11.2 Å². The number of pyridine rings is 1. The van der Waals surface area contributed by atoms with E-state index in [1.165, 1.54) is 0 Å². The maximum Gasteiger partial charge on any atom is 0.159 e. The molecule has 5 heteroatoms. The molecule has 2 atom stereocenters.